The molecule has 28 unspecified atom stereocenters. The number of rotatable bonds is 15. The average Bonchev–Trinajstić information content (AvgIpc) is 3.38. The lowest BCUT2D eigenvalue weighted by Crippen LogP contribution is -2.65. The summed E-state index contributed by atoms with van der Waals surface area (Å²) in [5.41, 5.74) is 0. The van der Waals surface area contributed by atoms with Crippen LogP contribution in [0.25, 0.3) is 0 Å². The van der Waals surface area contributed by atoms with Gasteiger partial charge in [0.15, 0.2) is 25.2 Å². The van der Waals surface area contributed by atoms with Crippen molar-refractivity contribution >= 4 is 5.97 Å². The third-order valence-electron chi connectivity index (χ3n) is 16.1. The fourth-order valence-electron chi connectivity index (χ4n) is 11.6. The molecule has 0 aromatic carbocycles. The highest BCUT2D eigenvalue weighted by Crippen LogP contribution is 2.45. The van der Waals surface area contributed by atoms with Crippen LogP contribution in [0.5, 0.6) is 0 Å². The van der Waals surface area contributed by atoms with Gasteiger partial charge in [0.05, 0.1) is 68.7 Å². The monoisotopic (exact) mass is 1070 g/mol. The summed E-state index contributed by atoms with van der Waals surface area (Å²) in [6.45, 7) is -2.47. The lowest BCUT2D eigenvalue weighted by molar-refractivity contribution is -0.373. The molecule has 0 amide bonds. The minimum absolute atomic E-state index is 0.0181. The standard InChI is InChI=1S/C47H76O27/c48-13-28-33(56)36(59)40(63)45(71-28)67-20-5-1-17(2-6-20)3-8-31(54)65-16-30-35(58)38(61)43(74-44-39(62)32(55)24(53)15-66-44)47(73-30)70-27-12-21-25(68-42(27)18-4-7-22(51)23(52)9-18)10-19(50)11-26(21)69-46-41(64)37(60)34(57)29(14-49)72-46/h3,8,17-30,32-53,55-64H,1-2,4-7,9-16H2. The van der Waals surface area contributed by atoms with E-state index < -0.39 is 210 Å². The SMILES string of the molecule is O=C(C=CC1CCC(OC2OC(CO)C(O)C(O)C2O)CC1)OCC1OC(OC2CC3C(OC4OC(CO)C(O)C(O)C4O)CC(O)CC3OC2C2CCC(O)C(O)C2)C(OC2OCC(O)C(O)C2O)C(O)C1O. The first-order valence-corrected chi connectivity index (χ1v) is 25.7. The van der Waals surface area contributed by atoms with E-state index in [1.165, 1.54) is 6.08 Å². The summed E-state index contributed by atoms with van der Waals surface area (Å²) >= 11 is 0. The van der Waals surface area contributed by atoms with Crippen molar-refractivity contribution in [2.24, 2.45) is 17.8 Å². The predicted molar refractivity (Wildman–Crippen MR) is 239 cm³/mol. The molecule has 28 atom stereocenters. The summed E-state index contributed by atoms with van der Waals surface area (Å²) < 4.78 is 59.9. The summed E-state index contributed by atoms with van der Waals surface area (Å²) in [4.78, 5) is 13.2. The Morgan fingerprint density at radius 2 is 1.09 bits per heavy atom. The molecule has 74 heavy (non-hydrogen) atoms. The van der Waals surface area contributed by atoms with E-state index in [0.29, 0.717) is 32.1 Å². The summed E-state index contributed by atoms with van der Waals surface area (Å²) in [5.74, 6) is -2.13. The van der Waals surface area contributed by atoms with Crippen molar-refractivity contribution < 1.29 is 134 Å². The Hall–Kier alpha value is -1.79. The molecule has 3 aliphatic carbocycles. The van der Waals surface area contributed by atoms with Crippen molar-refractivity contribution in [3.05, 3.63) is 12.2 Å². The Bertz CT molecular complexity index is 1790. The quantitative estimate of drug-likeness (QED) is 0.0535. The molecule has 8 fully saturated rings. The number of aliphatic hydroxyl groups is 16. The van der Waals surface area contributed by atoms with Gasteiger partial charge in [-0.15, -0.1) is 0 Å². The second-order valence-electron chi connectivity index (χ2n) is 21.2. The smallest absolute Gasteiger partial charge is 0.330 e. The number of fused-ring (bicyclic) bond motifs is 1. The predicted octanol–water partition coefficient (Wildman–Crippen LogP) is -7.25. The van der Waals surface area contributed by atoms with Gasteiger partial charge in [0.1, 0.15) is 98.2 Å². The second kappa shape index (κ2) is 25.6. The fraction of sp³-hybridized carbons (Fsp3) is 0.936. The molecule has 5 saturated heterocycles. The largest absolute Gasteiger partial charge is 0.460 e. The topological polar surface area (TPSA) is 433 Å². The van der Waals surface area contributed by atoms with Gasteiger partial charge in [-0.3, -0.25) is 0 Å². The first-order valence-electron chi connectivity index (χ1n) is 25.7. The normalized spacial score (nSPS) is 51.6. The lowest BCUT2D eigenvalue weighted by atomic mass is 9.72. The van der Waals surface area contributed by atoms with E-state index in [4.69, 9.17) is 47.4 Å². The average molecular weight is 1070 g/mol. The van der Waals surface area contributed by atoms with Crippen molar-refractivity contribution in [1.82, 2.24) is 0 Å². The van der Waals surface area contributed by atoms with Crippen molar-refractivity contribution in [2.45, 2.75) is 230 Å². The molecule has 27 heteroatoms. The van der Waals surface area contributed by atoms with Crippen LogP contribution in [0.15, 0.2) is 12.2 Å². The van der Waals surface area contributed by atoms with Gasteiger partial charge in [0, 0.05) is 18.4 Å². The van der Waals surface area contributed by atoms with Gasteiger partial charge in [0.2, 0.25) is 0 Å². The van der Waals surface area contributed by atoms with E-state index >= 15 is 0 Å². The Kier molecular flexibility index (Phi) is 20.2. The lowest BCUT2D eigenvalue weighted by Gasteiger charge is -2.53. The molecule has 16 N–H and O–H groups in total. The third-order valence-corrected chi connectivity index (χ3v) is 16.1. The molecule has 0 aromatic heterocycles. The van der Waals surface area contributed by atoms with Crippen molar-refractivity contribution in [3.63, 3.8) is 0 Å². The minimum atomic E-state index is -1.93. The zero-order valence-corrected chi connectivity index (χ0v) is 40.5. The maximum Gasteiger partial charge on any atom is 0.330 e. The molecule has 0 aromatic rings. The number of carbonyl (C=O) groups excluding carboxylic acids is 1. The van der Waals surface area contributed by atoms with E-state index in [0.717, 1.165) is 0 Å². The van der Waals surface area contributed by atoms with Gasteiger partial charge in [0.25, 0.3) is 0 Å². The highest BCUT2D eigenvalue weighted by Gasteiger charge is 2.56. The van der Waals surface area contributed by atoms with Crippen LogP contribution in [0.1, 0.15) is 64.2 Å². The zero-order chi connectivity index (χ0) is 53.3. The molecular weight excluding hydrogens is 996 g/mol. The van der Waals surface area contributed by atoms with Crippen LogP contribution in [0.2, 0.25) is 0 Å². The second-order valence-corrected chi connectivity index (χ2v) is 21.2. The van der Waals surface area contributed by atoms with E-state index in [9.17, 15) is 86.5 Å². The first-order chi connectivity index (χ1) is 35.3. The van der Waals surface area contributed by atoms with Crippen molar-refractivity contribution in [2.75, 3.05) is 26.4 Å². The minimum Gasteiger partial charge on any atom is -0.460 e. The maximum absolute atomic E-state index is 13.2. The first kappa shape index (κ1) is 58.4. The van der Waals surface area contributed by atoms with Gasteiger partial charge in [-0.05, 0) is 69.6 Å². The summed E-state index contributed by atoms with van der Waals surface area (Å²) in [6.07, 6.45) is -32.6. The number of carbonyl (C=O) groups is 1. The van der Waals surface area contributed by atoms with Crippen molar-refractivity contribution in [3.8, 4) is 0 Å². The van der Waals surface area contributed by atoms with E-state index in [1.807, 2.05) is 0 Å². The summed E-state index contributed by atoms with van der Waals surface area (Å²) in [7, 11) is 0. The van der Waals surface area contributed by atoms with Crippen LogP contribution in [-0.2, 0) is 52.2 Å². The number of hydrogen-bond acceptors (Lipinski definition) is 27. The van der Waals surface area contributed by atoms with Gasteiger partial charge < -0.3 is 129 Å². The highest BCUT2D eigenvalue weighted by atomic mass is 16.8. The molecule has 5 heterocycles. The van der Waals surface area contributed by atoms with Gasteiger partial charge in [-0.1, -0.05) is 6.08 Å². The molecule has 3 saturated carbocycles. The third kappa shape index (κ3) is 13.1. The van der Waals surface area contributed by atoms with Crippen LogP contribution < -0.4 is 0 Å². The number of ether oxygens (including phenoxy) is 10. The fourth-order valence-corrected chi connectivity index (χ4v) is 11.6. The number of esters is 1. The van der Waals surface area contributed by atoms with E-state index in [1.54, 1.807) is 6.08 Å². The molecule has 27 nitrogen and oxygen atoms in total. The molecule has 0 radical (unpaired) electrons. The van der Waals surface area contributed by atoms with Gasteiger partial charge in [-0.2, -0.15) is 0 Å². The molecular formula is C47H76O27. The summed E-state index contributed by atoms with van der Waals surface area (Å²) in [6, 6.07) is 0. The van der Waals surface area contributed by atoms with Gasteiger partial charge in [-0.25, -0.2) is 4.79 Å². The Labute approximate surface area is 425 Å². The number of hydrogen-bond donors (Lipinski definition) is 16. The summed E-state index contributed by atoms with van der Waals surface area (Å²) in [5, 5.41) is 169. The van der Waals surface area contributed by atoms with Crippen LogP contribution >= 0.6 is 0 Å². The van der Waals surface area contributed by atoms with Crippen LogP contribution in [-0.4, -0.2) is 280 Å². The molecule has 426 valence electrons. The Morgan fingerprint density at radius 3 is 1.73 bits per heavy atom. The Morgan fingerprint density at radius 1 is 0.500 bits per heavy atom. The molecule has 5 aliphatic heterocycles. The van der Waals surface area contributed by atoms with Crippen LogP contribution in [0.4, 0.5) is 0 Å². The molecule has 8 rings (SSSR count). The highest BCUT2D eigenvalue weighted by molar-refractivity contribution is 5.81. The molecule has 0 spiro atoms. The van der Waals surface area contributed by atoms with Crippen molar-refractivity contribution in [1.29, 1.82) is 0 Å². The van der Waals surface area contributed by atoms with E-state index in [2.05, 4.69) is 0 Å². The maximum atomic E-state index is 13.2. The number of aliphatic hydroxyl groups excluding tert-OH is 16. The molecule has 8 aliphatic rings. The van der Waals surface area contributed by atoms with E-state index in [-0.39, 0.29) is 38.0 Å². The van der Waals surface area contributed by atoms with Crippen LogP contribution in [0.3, 0.4) is 0 Å². The van der Waals surface area contributed by atoms with Crippen LogP contribution in [0, 0.1) is 17.8 Å². The van der Waals surface area contributed by atoms with Gasteiger partial charge >= 0.3 is 5.97 Å². The molecule has 0 bridgehead atoms. The number of allylic oxidation sites excluding steroid dienone is 1. The zero-order valence-electron chi connectivity index (χ0n) is 40.5. The Balaban J connectivity index is 0.969.